The minimum Gasteiger partial charge on any atom is -0.379 e. The predicted molar refractivity (Wildman–Crippen MR) is 288 cm³/mol. The first-order valence-electron chi connectivity index (χ1n) is 27.7. The van der Waals surface area contributed by atoms with Crippen LogP contribution >= 0.6 is 0 Å². The van der Waals surface area contributed by atoms with Gasteiger partial charge in [-0.3, -0.25) is 43.3 Å². The lowest BCUT2D eigenvalue weighted by Crippen LogP contribution is -2.60. The molecule has 0 radical (unpaired) electrons. The molecule has 3 fully saturated rings. The Morgan fingerprint density at radius 1 is 0.857 bits per heavy atom. The van der Waals surface area contributed by atoms with E-state index in [0.29, 0.717) is 69.5 Å². The fourth-order valence-electron chi connectivity index (χ4n) is 11.6. The van der Waals surface area contributed by atoms with E-state index in [2.05, 4.69) is 20.9 Å². The first-order chi connectivity index (χ1) is 36.5. The Hall–Kier alpha value is -5.93. The normalized spacial score (nSPS) is 21.1. The van der Waals surface area contributed by atoms with Gasteiger partial charge in [0.05, 0.1) is 48.6 Å². The number of H-pyrrole nitrogens is 1. The van der Waals surface area contributed by atoms with Crippen LogP contribution in [0.15, 0.2) is 30.5 Å². The molecule has 0 bridgehead atoms. The number of aromatic nitrogens is 1. The lowest BCUT2D eigenvalue weighted by atomic mass is 9.86. The average Bonchev–Trinajstić information content (AvgIpc) is 4.14. The number of likely N-dealkylation sites (N-methyl/N-ethyl adjacent to an activating group) is 2. The molecule has 8 unspecified atom stereocenters. The number of carbonyl (C=O) groups is 9. The molecule has 428 valence electrons. The van der Waals surface area contributed by atoms with Crippen molar-refractivity contribution in [2.45, 2.75) is 180 Å². The van der Waals surface area contributed by atoms with E-state index >= 15 is 0 Å². The summed E-state index contributed by atoms with van der Waals surface area (Å²) in [6.45, 7) is 14.2. The number of para-hydroxylation sites is 1. The van der Waals surface area contributed by atoms with E-state index in [9.17, 15) is 43.2 Å². The lowest BCUT2D eigenvalue weighted by Gasteiger charge is -2.41. The topological polar surface area (TPSA) is 272 Å². The Balaban J connectivity index is 1.16. The van der Waals surface area contributed by atoms with Crippen LogP contribution in [0.3, 0.4) is 0 Å². The first-order valence-corrected chi connectivity index (χ1v) is 27.7. The van der Waals surface area contributed by atoms with Gasteiger partial charge in [-0.25, -0.2) is 4.79 Å². The van der Waals surface area contributed by atoms with Gasteiger partial charge in [0.1, 0.15) is 12.1 Å². The maximum Gasteiger partial charge on any atom is 0.336 e. The molecule has 3 aliphatic rings. The number of hydrogen-bond acceptors (Lipinski definition) is 13. The van der Waals surface area contributed by atoms with Crippen molar-refractivity contribution in [2.75, 3.05) is 41.4 Å². The predicted octanol–water partition coefficient (Wildman–Crippen LogP) is 3.76. The third kappa shape index (κ3) is 15.9. The fraction of sp³-hybridized carbons (Fsp3) is 0.696. The highest BCUT2D eigenvalue weighted by Gasteiger charge is 2.44. The van der Waals surface area contributed by atoms with Crippen molar-refractivity contribution < 1.29 is 57.5 Å². The summed E-state index contributed by atoms with van der Waals surface area (Å²) in [6, 6.07) is 3.99. The average molecular weight is 1080 g/mol. The molecule has 9 atom stereocenters. The zero-order valence-electron chi connectivity index (χ0n) is 47.3. The summed E-state index contributed by atoms with van der Waals surface area (Å²) in [7, 11) is 6.54. The van der Waals surface area contributed by atoms with Gasteiger partial charge < -0.3 is 50.8 Å². The van der Waals surface area contributed by atoms with Crippen LogP contribution in [0.5, 0.6) is 0 Å². The summed E-state index contributed by atoms with van der Waals surface area (Å²) in [5.41, 5.74) is 7.55. The van der Waals surface area contributed by atoms with Crippen molar-refractivity contribution in [1.82, 2.24) is 40.7 Å². The van der Waals surface area contributed by atoms with Crippen LogP contribution < -0.4 is 21.7 Å². The number of ether oxygens (including phenoxy) is 2. The number of rotatable bonds is 28. The third-order valence-electron chi connectivity index (χ3n) is 16.2. The molecule has 21 nitrogen and oxygen atoms in total. The molecule has 5 rings (SSSR count). The van der Waals surface area contributed by atoms with Crippen LogP contribution in [0.4, 0.5) is 0 Å². The molecule has 6 N–H and O–H groups in total. The third-order valence-corrected chi connectivity index (χ3v) is 16.2. The van der Waals surface area contributed by atoms with Gasteiger partial charge in [-0.05, 0) is 87.9 Å². The van der Waals surface area contributed by atoms with Gasteiger partial charge in [0.15, 0.2) is 0 Å². The van der Waals surface area contributed by atoms with Crippen molar-refractivity contribution in [1.29, 1.82) is 0 Å². The Morgan fingerprint density at radius 3 is 2.12 bits per heavy atom. The van der Waals surface area contributed by atoms with Crippen LogP contribution in [0.2, 0.25) is 0 Å². The van der Waals surface area contributed by atoms with E-state index in [0.717, 1.165) is 16.5 Å². The largest absolute Gasteiger partial charge is 0.379 e. The van der Waals surface area contributed by atoms with Crippen molar-refractivity contribution in [3.8, 4) is 0 Å². The van der Waals surface area contributed by atoms with Gasteiger partial charge in [-0.15, -0.1) is 5.06 Å². The summed E-state index contributed by atoms with van der Waals surface area (Å²) < 4.78 is 12.1. The van der Waals surface area contributed by atoms with Crippen LogP contribution in [0.25, 0.3) is 10.9 Å². The Kier molecular flexibility index (Phi) is 23.0. The number of likely N-dealkylation sites (tertiary alicyclic amines) is 1. The highest BCUT2D eigenvalue weighted by molar-refractivity contribution is 6.01. The number of fused-ring (bicyclic) bond motifs is 1. The van der Waals surface area contributed by atoms with E-state index in [-0.39, 0.29) is 79.5 Å². The Bertz CT molecular complexity index is 2370. The SMILES string of the molecule is CCC(C)C(C(CC(=O)N1CCC[C@H]1C(OC)C(C)C(=O)NC(Cc1c[nH]c2ccccc12)C(N)=O)OC)N(C)C(=O)C(NC(=O)C(C(C)C)N(C)CCCC(=O)NC1CCC(C(=O)ON2C(=O)CCC2=O)CC1)C(C)C. The number of aromatic amines is 1. The van der Waals surface area contributed by atoms with Gasteiger partial charge in [-0.1, -0.05) is 73.1 Å². The highest BCUT2D eigenvalue weighted by Crippen LogP contribution is 2.31. The van der Waals surface area contributed by atoms with Crippen molar-refractivity contribution in [2.24, 2.45) is 35.3 Å². The molecule has 1 aromatic carbocycles. The molecule has 8 amide bonds. The minimum atomic E-state index is -0.985. The molecule has 3 heterocycles. The first kappa shape index (κ1) is 61.9. The van der Waals surface area contributed by atoms with Gasteiger partial charge in [0.25, 0.3) is 11.8 Å². The summed E-state index contributed by atoms with van der Waals surface area (Å²) in [4.78, 5) is 133. The summed E-state index contributed by atoms with van der Waals surface area (Å²) >= 11 is 0. The number of primary amides is 1. The standard InChI is InChI=1S/C56H87N9O12/c1-12-34(6)50(43(75-10)30-47(69)64-28-15-19-42(64)51(76-11)35(7)53(71)60-41(52(57)70)29-37-31-58-40-18-14-13-17-39(37)40)63(9)55(73)48(32(2)3)61-54(72)49(33(4)5)62(8)27-16-20-44(66)59-38-23-21-36(22-24-38)56(74)77-65-45(67)25-26-46(65)68/h13-14,17-18,31-36,38,41-43,48-51,58H,12,15-16,19-30H2,1-11H3,(H2,57,70)(H,59,66)(H,60,71)(H,61,72)/t34?,35?,36?,38?,41?,42-,43?,48?,49?,50?,51?/m0/s1. The van der Waals surface area contributed by atoms with Crippen molar-refractivity contribution in [3.05, 3.63) is 36.0 Å². The van der Waals surface area contributed by atoms with Crippen LogP contribution in [0, 0.1) is 29.6 Å². The molecule has 21 heteroatoms. The molecule has 1 saturated carbocycles. The number of methoxy groups -OCH3 is 2. The zero-order chi connectivity index (χ0) is 56.8. The molecular weight excluding hydrogens is 991 g/mol. The van der Waals surface area contributed by atoms with E-state index < -0.39 is 83.9 Å². The maximum atomic E-state index is 14.7. The molecular formula is C56H87N9O12. The van der Waals surface area contributed by atoms with Crippen LogP contribution in [-0.4, -0.2) is 168 Å². The second kappa shape index (κ2) is 28.6. The van der Waals surface area contributed by atoms with Crippen molar-refractivity contribution in [3.63, 3.8) is 0 Å². The summed E-state index contributed by atoms with van der Waals surface area (Å²) in [5.74, 6) is -5.59. The maximum absolute atomic E-state index is 14.7. The molecule has 1 aromatic heterocycles. The fourth-order valence-corrected chi connectivity index (χ4v) is 11.6. The van der Waals surface area contributed by atoms with Gasteiger partial charge in [0.2, 0.25) is 35.4 Å². The second-order valence-electron chi connectivity index (χ2n) is 22.2. The number of nitrogens with zero attached hydrogens (tertiary/aromatic N) is 4. The van der Waals surface area contributed by atoms with Gasteiger partial charge in [0, 0.05) is 76.6 Å². The van der Waals surface area contributed by atoms with E-state index in [1.54, 1.807) is 30.0 Å². The summed E-state index contributed by atoms with van der Waals surface area (Å²) in [5, 5.41) is 10.5. The molecule has 2 aliphatic heterocycles. The molecule has 2 saturated heterocycles. The van der Waals surface area contributed by atoms with Crippen molar-refractivity contribution >= 4 is 64.1 Å². The monoisotopic (exact) mass is 1080 g/mol. The lowest BCUT2D eigenvalue weighted by molar-refractivity contribution is -0.201. The molecule has 1 aliphatic carbocycles. The number of hydroxylamine groups is 2. The molecule has 2 aromatic rings. The highest BCUT2D eigenvalue weighted by atomic mass is 16.7. The molecule has 0 spiro atoms. The number of nitrogens with two attached hydrogens (primary N) is 1. The number of benzene rings is 1. The van der Waals surface area contributed by atoms with E-state index in [1.165, 1.54) is 14.2 Å². The number of nitrogens with one attached hydrogen (secondary N) is 4. The molecule has 77 heavy (non-hydrogen) atoms. The quantitative estimate of drug-likeness (QED) is 0.0761. The Labute approximate surface area is 454 Å². The smallest absolute Gasteiger partial charge is 0.336 e. The van der Waals surface area contributed by atoms with Crippen LogP contribution in [-0.2, 0) is 63.9 Å². The van der Waals surface area contributed by atoms with Crippen LogP contribution in [0.1, 0.15) is 131 Å². The number of carbonyl (C=O) groups excluding carboxylic acids is 9. The minimum absolute atomic E-state index is 0.0251. The van der Waals surface area contributed by atoms with E-state index in [4.69, 9.17) is 20.0 Å². The van der Waals surface area contributed by atoms with Gasteiger partial charge >= 0.3 is 5.97 Å². The number of amides is 8. The summed E-state index contributed by atoms with van der Waals surface area (Å²) in [6.07, 6.45) is 5.13. The van der Waals surface area contributed by atoms with E-state index in [1.807, 2.05) is 77.8 Å². The zero-order valence-corrected chi connectivity index (χ0v) is 47.3. The Morgan fingerprint density at radius 2 is 1.52 bits per heavy atom. The van der Waals surface area contributed by atoms with Gasteiger partial charge in [-0.2, -0.15) is 0 Å². The number of hydrogen-bond donors (Lipinski definition) is 5. The second-order valence-corrected chi connectivity index (χ2v) is 22.2. The number of imide groups is 1.